The molecule has 6 nitrogen and oxygen atoms in total. The maximum Gasteiger partial charge on any atom is 0.264 e. The molecule has 4 aromatic rings. The molecule has 0 atom stereocenters. The lowest BCUT2D eigenvalue weighted by molar-refractivity contribution is -0.130. The van der Waals surface area contributed by atoms with Gasteiger partial charge in [0.2, 0.25) is 5.91 Å². The van der Waals surface area contributed by atoms with Gasteiger partial charge in [0.1, 0.15) is 12.3 Å². The molecule has 0 bridgehead atoms. The van der Waals surface area contributed by atoms with Crippen LogP contribution in [0.1, 0.15) is 18.1 Å². The Morgan fingerprint density at radius 1 is 0.703 bits per heavy atom. The fraction of sp³-hybridized carbons (Fsp3) is 0.167. The van der Waals surface area contributed by atoms with Crippen molar-refractivity contribution in [1.29, 1.82) is 0 Å². The van der Waals surface area contributed by atoms with Crippen molar-refractivity contribution in [1.82, 2.24) is 4.90 Å². The van der Waals surface area contributed by atoms with Crippen molar-refractivity contribution in [3.05, 3.63) is 126 Å². The first kappa shape index (κ1) is 26.0. The fourth-order valence-corrected chi connectivity index (χ4v) is 5.47. The molecule has 1 amide bonds. The van der Waals surface area contributed by atoms with E-state index in [1.165, 1.54) is 12.1 Å². The Morgan fingerprint density at radius 3 is 1.73 bits per heavy atom. The smallest absolute Gasteiger partial charge is 0.264 e. The lowest BCUT2D eigenvalue weighted by Crippen LogP contribution is -2.42. The van der Waals surface area contributed by atoms with Crippen molar-refractivity contribution in [2.75, 3.05) is 17.5 Å². The predicted octanol–water partition coefficient (Wildman–Crippen LogP) is 5.51. The Kier molecular flexibility index (Phi) is 8.59. The second-order valence-corrected chi connectivity index (χ2v) is 10.3. The Morgan fingerprint density at radius 2 is 1.19 bits per heavy atom. The Labute approximate surface area is 218 Å². The zero-order valence-corrected chi connectivity index (χ0v) is 21.6. The number of benzene rings is 4. The summed E-state index contributed by atoms with van der Waals surface area (Å²) in [7, 11) is -4.06. The monoisotopic (exact) mass is 514 g/mol. The van der Waals surface area contributed by atoms with E-state index in [1.54, 1.807) is 47.4 Å². The molecular weight excluding hydrogens is 484 g/mol. The fourth-order valence-electron chi connectivity index (χ4n) is 4.02. The summed E-state index contributed by atoms with van der Waals surface area (Å²) < 4.78 is 34.6. The number of amides is 1. The number of sulfonamides is 1. The molecule has 0 saturated heterocycles. The van der Waals surface area contributed by atoms with Crippen molar-refractivity contribution >= 4 is 21.6 Å². The molecule has 7 heteroatoms. The summed E-state index contributed by atoms with van der Waals surface area (Å²) in [5.41, 5.74) is 2.24. The van der Waals surface area contributed by atoms with Gasteiger partial charge in [-0.3, -0.25) is 9.10 Å². The van der Waals surface area contributed by atoms with Crippen LogP contribution in [0.4, 0.5) is 5.69 Å². The summed E-state index contributed by atoms with van der Waals surface area (Å²) in [5, 5.41) is 0. The van der Waals surface area contributed by atoms with E-state index in [0.717, 1.165) is 15.4 Å². The number of carbonyl (C=O) groups is 1. The summed E-state index contributed by atoms with van der Waals surface area (Å²) in [6, 6.07) is 34.4. The number of ether oxygens (including phenoxy) is 1. The van der Waals surface area contributed by atoms with Crippen LogP contribution in [0.5, 0.6) is 5.75 Å². The lowest BCUT2D eigenvalue weighted by atomic mass is 10.1. The van der Waals surface area contributed by atoms with Crippen LogP contribution in [0.3, 0.4) is 0 Å². The summed E-state index contributed by atoms with van der Waals surface area (Å²) in [4.78, 5) is 15.6. The predicted molar refractivity (Wildman–Crippen MR) is 146 cm³/mol. The highest BCUT2D eigenvalue weighted by atomic mass is 32.2. The number of hydrogen-bond donors (Lipinski definition) is 0. The molecule has 0 heterocycles. The van der Waals surface area contributed by atoms with E-state index >= 15 is 0 Å². The molecule has 0 N–H and O–H groups in total. The van der Waals surface area contributed by atoms with Gasteiger partial charge in [0.25, 0.3) is 10.0 Å². The molecule has 0 radical (unpaired) electrons. The average molecular weight is 515 g/mol. The molecule has 0 fully saturated rings. The summed E-state index contributed by atoms with van der Waals surface area (Å²) in [5.74, 6) is 0.0773. The zero-order valence-electron chi connectivity index (χ0n) is 20.7. The van der Waals surface area contributed by atoms with Gasteiger partial charge in [-0.2, -0.15) is 0 Å². The maximum atomic E-state index is 13.9. The van der Waals surface area contributed by atoms with Gasteiger partial charge in [-0.15, -0.1) is 0 Å². The molecule has 37 heavy (non-hydrogen) atoms. The minimum atomic E-state index is -4.06. The number of anilines is 1. The Hall–Kier alpha value is -4.10. The van der Waals surface area contributed by atoms with E-state index in [1.807, 2.05) is 67.6 Å². The maximum absolute atomic E-state index is 13.9. The first-order valence-corrected chi connectivity index (χ1v) is 13.6. The van der Waals surface area contributed by atoms with E-state index in [2.05, 4.69) is 0 Å². The Bertz CT molecular complexity index is 1350. The highest BCUT2D eigenvalue weighted by Crippen LogP contribution is 2.32. The van der Waals surface area contributed by atoms with E-state index in [0.29, 0.717) is 31.1 Å². The first-order chi connectivity index (χ1) is 18.0. The molecule has 0 spiro atoms. The van der Waals surface area contributed by atoms with Crippen LogP contribution in [0.2, 0.25) is 0 Å². The third-order valence-electron chi connectivity index (χ3n) is 5.83. The third kappa shape index (κ3) is 6.57. The molecule has 0 aliphatic heterocycles. The molecule has 190 valence electrons. The number of carbonyl (C=O) groups excluding carboxylic acids is 1. The summed E-state index contributed by atoms with van der Waals surface area (Å²) in [6.45, 7) is 2.51. The zero-order chi connectivity index (χ0) is 26.1. The minimum absolute atomic E-state index is 0.103. The van der Waals surface area contributed by atoms with Gasteiger partial charge in [-0.05, 0) is 42.3 Å². The second-order valence-electron chi connectivity index (χ2n) is 8.45. The van der Waals surface area contributed by atoms with Gasteiger partial charge in [-0.25, -0.2) is 8.42 Å². The average Bonchev–Trinajstić information content (AvgIpc) is 2.93. The molecular formula is C30H30N2O4S. The van der Waals surface area contributed by atoms with E-state index in [4.69, 9.17) is 4.74 Å². The van der Waals surface area contributed by atoms with Crippen LogP contribution in [0.25, 0.3) is 0 Å². The highest BCUT2D eigenvalue weighted by molar-refractivity contribution is 7.92. The minimum Gasteiger partial charge on any atom is -0.492 e. The topological polar surface area (TPSA) is 66.9 Å². The van der Waals surface area contributed by atoms with Crippen molar-refractivity contribution in [3.8, 4) is 5.75 Å². The molecule has 0 saturated carbocycles. The van der Waals surface area contributed by atoms with Gasteiger partial charge in [-0.1, -0.05) is 91.0 Å². The van der Waals surface area contributed by atoms with Crippen molar-refractivity contribution < 1.29 is 17.9 Å². The van der Waals surface area contributed by atoms with Crippen LogP contribution in [-0.2, 0) is 27.9 Å². The van der Waals surface area contributed by atoms with Gasteiger partial charge in [0, 0.05) is 13.1 Å². The van der Waals surface area contributed by atoms with Crippen LogP contribution in [0.15, 0.2) is 120 Å². The number of nitrogens with zero attached hydrogens (tertiary/aromatic N) is 2. The van der Waals surface area contributed by atoms with Crippen molar-refractivity contribution in [2.24, 2.45) is 0 Å². The largest absolute Gasteiger partial charge is 0.492 e. The summed E-state index contributed by atoms with van der Waals surface area (Å²) >= 11 is 0. The quantitative estimate of drug-likeness (QED) is 0.265. The number of para-hydroxylation sites is 2. The lowest BCUT2D eigenvalue weighted by Gasteiger charge is -2.29. The van der Waals surface area contributed by atoms with Crippen molar-refractivity contribution in [3.63, 3.8) is 0 Å². The van der Waals surface area contributed by atoms with E-state index in [-0.39, 0.29) is 17.3 Å². The Balaban J connectivity index is 1.73. The van der Waals surface area contributed by atoms with Gasteiger partial charge >= 0.3 is 0 Å². The molecule has 0 aromatic heterocycles. The van der Waals surface area contributed by atoms with Crippen LogP contribution < -0.4 is 9.04 Å². The molecule has 0 unspecified atom stereocenters. The number of hydrogen-bond acceptors (Lipinski definition) is 4. The SMILES string of the molecule is CCOc1ccccc1N(CC(=O)N(Cc1ccccc1)Cc1ccccc1)S(=O)(=O)c1ccccc1. The molecule has 0 aliphatic carbocycles. The van der Waals surface area contributed by atoms with Crippen LogP contribution in [-0.4, -0.2) is 32.4 Å². The van der Waals surface area contributed by atoms with Crippen LogP contribution >= 0.6 is 0 Å². The van der Waals surface area contributed by atoms with Crippen LogP contribution in [0, 0.1) is 0 Å². The second kappa shape index (κ2) is 12.2. The standard InChI is InChI=1S/C30H30N2O4S/c1-2-36-29-21-13-12-20-28(29)32(37(34,35)27-18-10-5-11-19-27)24-30(33)31(22-25-14-6-3-7-15-25)23-26-16-8-4-9-17-26/h3-21H,2,22-24H2,1H3. The number of rotatable bonds is 11. The highest BCUT2D eigenvalue weighted by Gasteiger charge is 2.31. The van der Waals surface area contributed by atoms with Gasteiger partial charge in [0.15, 0.2) is 0 Å². The first-order valence-electron chi connectivity index (χ1n) is 12.1. The molecule has 0 aliphatic rings. The molecule has 4 rings (SSSR count). The van der Waals surface area contributed by atoms with Gasteiger partial charge in [0.05, 0.1) is 17.2 Å². The molecule has 4 aromatic carbocycles. The van der Waals surface area contributed by atoms with E-state index < -0.39 is 10.0 Å². The third-order valence-corrected chi connectivity index (χ3v) is 7.60. The summed E-state index contributed by atoms with van der Waals surface area (Å²) in [6.07, 6.45) is 0. The normalized spacial score (nSPS) is 11.1. The van der Waals surface area contributed by atoms with Gasteiger partial charge < -0.3 is 9.64 Å². The van der Waals surface area contributed by atoms with E-state index in [9.17, 15) is 13.2 Å². The van der Waals surface area contributed by atoms with Crippen molar-refractivity contribution in [2.45, 2.75) is 24.9 Å².